The Morgan fingerprint density at radius 3 is 2.56 bits per heavy atom. The number of imidazole rings is 1. The minimum absolute atomic E-state index is 0.0730. The molecule has 11 heteroatoms. The Morgan fingerprint density at radius 2 is 1.94 bits per heavy atom. The SMILES string of the molecule is Cc1nc(Cc2cc(Cl)c(F)c(-c3ccc(C(F)(F)F)nc3)c2OC(C)C)n2ccnc(N)c12. The van der Waals surface area contributed by atoms with Crippen molar-refractivity contribution in [3.05, 3.63) is 70.4 Å². The van der Waals surface area contributed by atoms with Crippen molar-refractivity contribution in [1.29, 1.82) is 0 Å². The Labute approximate surface area is 197 Å². The number of alkyl halides is 3. The molecule has 3 heterocycles. The normalized spacial score (nSPS) is 12.0. The number of pyridine rings is 1. The molecule has 0 radical (unpaired) electrons. The summed E-state index contributed by atoms with van der Waals surface area (Å²) in [6.07, 6.45) is -0.605. The van der Waals surface area contributed by atoms with Crippen LogP contribution in [-0.4, -0.2) is 25.5 Å². The number of aromatic nitrogens is 4. The van der Waals surface area contributed by atoms with E-state index in [9.17, 15) is 13.2 Å². The molecule has 0 amide bonds. The number of halogens is 5. The number of fused-ring (bicyclic) bond motifs is 1. The van der Waals surface area contributed by atoms with Crippen LogP contribution in [0, 0.1) is 12.7 Å². The molecule has 3 aromatic heterocycles. The molecule has 0 saturated heterocycles. The number of ether oxygens (including phenoxy) is 1. The second-order valence-corrected chi connectivity index (χ2v) is 8.36. The van der Waals surface area contributed by atoms with Gasteiger partial charge in [0.25, 0.3) is 0 Å². The van der Waals surface area contributed by atoms with E-state index in [0.29, 0.717) is 28.4 Å². The molecule has 4 aromatic rings. The predicted molar refractivity (Wildman–Crippen MR) is 120 cm³/mol. The molecule has 34 heavy (non-hydrogen) atoms. The van der Waals surface area contributed by atoms with Gasteiger partial charge in [-0.3, -0.25) is 9.38 Å². The molecule has 178 valence electrons. The summed E-state index contributed by atoms with van der Waals surface area (Å²) < 4.78 is 61.9. The van der Waals surface area contributed by atoms with Gasteiger partial charge < -0.3 is 10.5 Å². The van der Waals surface area contributed by atoms with Gasteiger partial charge in [0.1, 0.15) is 28.6 Å². The Hall–Kier alpha value is -3.40. The Morgan fingerprint density at radius 1 is 1.21 bits per heavy atom. The Kier molecular flexibility index (Phi) is 6.11. The number of hydrogen-bond donors (Lipinski definition) is 1. The first-order chi connectivity index (χ1) is 16.0. The lowest BCUT2D eigenvalue weighted by molar-refractivity contribution is -0.141. The van der Waals surface area contributed by atoms with Crippen LogP contribution in [0.5, 0.6) is 5.75 Å². The van der Waals surface area contributed by atoms with Gasteiger partial charge in [-0.2, -0.15) is 13.2 Å². The summed E-state index contributed by atoms with van der Waals surface area (Å²) >= 11 is 6.21. The lowest BCUT2D eigenvalue weighted by atomic mass is 9.99. The van der Waals surface area contributed by atoms with Gasteiger partial charge in [0.05, 0.1) is 22.4 Å². The number of nitrogen functional groups attached to an aromatic ring is 1. The molecule has 0 aliphatic heterocycles. The highest BCUT2D eigenvalue weighted by Crippen LogP contribution is 2.41. The molecule has 0 aliphatic rings. The number of nitrogens with two attached hydrogens (primary N) is 1. The maximum atomic E-state index is 15.3. The topological polar surface area (TPSA) is 78.3 Å². The van der Waals surface area contributed by atoms with Gasteiger partial charge in [-0.15, -0.1) is 0 Å². The number of aryl methyl sites for hydroxylation is 1. The standard InChI is InChI=1S/C23H20ClF4N5O/c1-11(2)34-21-14(9-17-32-12(3)20-22(29)30-6-7-33(17)20)8-15(24)19(25)18(21)13-4-5-16(31-10-13)23(26,27)28/h4-8,10-11H,9H2,1-3H3,(H2,29,30). The fourth-order valence-electron chi connectivity index (χ4n) is 3.74. The molecule has 0 saturated carbocycles. The number of hydrogen-bond acceptors (Lipinski definition) is 5. The molecular formula is C23H20ClF4N5O. The van der Waals surface area contributed by atoms with Crippen molar-refractivity contribution < 1.29 is 22.3 Å². The molecular weight excluding hydrogens is 474 g/mol. The van der Waals surface area contributed by atoms with Crippen LogP contribution in [0.1, 0.15) is 36.6 Å². The minimum Gasteiger partial charge on any atom is -0.490 e. The lowest BCUT2D eigenvalue weighted by Crippen LogP contribution is -2.11. The van der Waals surface area contributed by atoms with Crippen LogP contribution in [-0.2, 0) is 12.6 Å². The van der Waals surface area contributed by atoms with E-state index >= 15 is 4.39 Å². The average Bonchev–Trinajstić information content (AvgIpc) is 3.07. The summed E-state index contributed by atoms with van der Waals surface area (Å²) in [4.78, 5) is 12.1. The van der Waals surface area contributed by atoms with Gasteiger partial charge in [-0.1, -0.05) is 17.7 Å². The summed E-state index contributed by atoms with van der Waals surface area (Å²) in [5, 5.41) is -0.209. The van der Waals surface area contributed by atoms with E-state index in [-0.39, 0.29) is 34.4 Å². The van der Waals surface area contributed by atoms with Crippen LogP contribution in [0.25, 0.3) is 16.6 Å². The second-order valence-electron chi connectivity index (χ2n) is 7.95. The molecule has 1 aromatic carbocycles. The zero-order valence-corrected chi connectivity index (χ0v) is 19.2. The van der Waals surface area contributed by atoms with Crippen LogP contribution >= 0.6 is 11.6 Å². The Balaban J connectivity index is 1.89. The molecule has 2 N–H and O–H groups in total. The van der Waals surface area contributed by atoms with Gasteiger partial charge in [-0.25, -0.2) is 14.4 Å². The first-order valence-corrected chi connectivity index (χ1v) is 10.6. The van der Waals surface area contributed by atoms with E-state index < -0.39 is 17.7 Å². The van der Waals surface area contributed by atoms with E-state index in [0.717, 1.165) is 18.3 Å². The fraction of sp³-hybridized carbons (Fsp3) is 0.261. The van der Waals surface area contributed by atoms with Crippen molar-refractivity contribution in [1.82, 2.24) is 19.4 Å². The number of nitrogens with zero attached hydrogens (tertiary/aromatic N) is 4. The molecule has 0 unspecified atom stereocenters. The summed E-state index contributed by atoms with van der Waals surface area (Å²) in [5.74, 6) is 0.218. The third kappa shape index (κ3) is 4.37. The Bertz CT molecular complexity index is 1370. The molecule has 0 spiro atoms. The fourth-order valence-corrected chi connectivity index (χ4v) is 3.97. The van der Waals surface area contributed by atoms with E-state index in [1.165, 1.54) is 12.3 Å². The molecule has 0 fully saturated rings. The first kappa shape index (κ1) is 23.7. The van der Waals surface area contributed by atoms with Gasteiger partial charge in [0, 0.05) is 36.1 Å². The highest BCUT2D eigenvalue weighted by molar-refractivity contribution is 6.31. The van der Waals surface area contributed by atoms with Crippen LogP contribution in [0.4, 0.5) is 23.4 Å². The third-order valence-corrected chi connectivity index (χ3v) is 5.40. The van der Waals surface area contributed by atoms with Crippen molar-refractivity contribution in [2.75, 3.05) is 5.73 Å². The van der Waals surface area contributed by atoms with E-state index in [4.69, 9.17) is 22.1 Å². The summed E-state index contributed by atoms with van der Waals surface area (Å²) in [7, 11) is 0. The summed E-state index contributed by atoms with van der Waals surface area (Å²) in [6.45, 7) is 5.30. The molecule has 0 aliphatic carbocycles. The number of anilines is 1. The van der Waals surface area contributed by atoms with Crippen molar-refractivity contribution in [3.8, 4) is 16.9 Å². The predicted octanol–water partition coefficient (Wildman–Crippen LogP) is 5.87. The van der Waals surface area contributed by atoms with Crippen molar-refractivity contribution in [2.24, 2.45) is 0 Å². The van der Waals surface area contributed by atoms with E-state index in [1.54, 1.807) is 31.4 Å². The second kappa shape index (κ2) is 8.75. The van der Waals surface area contributed by atoms with Crippen LogP contribution in [0.3, 0.4) is 0 Å². The molecule has 6 nitrogen and oxygen atoms in total. The smallest absolute Gasteiger partial charge is 0.433 e. The largest absolute Gasteiger partial charge is 0.490 e. The summed E-state index contributed by atoms with van der Waals surface area (Å²) in [6, 6.07) is 3.36. The number of rotatable bonds is 5. The zero-order chi connectivity index (χ0) is 24.8. The first-order valence-electron chi connectivity index (χ1n) is 10.3. The zero-order valence-electron chi connectivity index (χ0n) is 18.4. The molecule has 0 bridgehead atoms. The van der Waals surface area contributed by atoms with E-state index in [1.807, 2.05) is 0 Å². The maximum Gasteiger partial charge on any atom is 0.433 e. The minimum atomic E-state index is -4.62. The number of benzene rings is 1. The third-order valence-electron chi connectivity index (χ3n) is 5.12. The van der Waals surface area contributed by atoms with Gasteiger partial charge in [0.2, 0.25) is 0 Å². The highest BCUT2D eigenvalue weighted by atomic mass is 35.5. The lowest BCUT2D eigenvalue weighted by Gasteiger charge is -2.20. The monoisotopic (exact) mass is 493 g/mol. The van der Waals surface area contributed by atoms with Crippen LogP contribution in [0.15, 0.2) is 36.8 Å². The average molecular weight is 494 g/mol. The van der Waals surface area contributed by atoms with Gasteiger partial charge in [-0.05, 0) is 32.9 Å². The molecule has 4 rings (SSSR count). The van der Waals surface area contributed by atoms with Gasteiger partial charge in [0.15, 0.2) is 5.82 Å². The molecule has 0 atom stereocenters. The van der Waals surface area contributed by atoms with Crippen LogP contribution in [0.2, 0.25) is 5.02 Å². The van der Waals surface area contributed by atoms with Crippen LogP contribution < -0.4 is 10.5 Å². The van der Waals surface area contributed by atoms with Gasteiger partial charge >= 0.3 is 6.18 Å². The summed E-state index contributed by atoms with van der Waals surface area (Å²) in [5.41, 5.74) is 6.73. The van der Waals surface area contributed by atoms with Crippen molar-refractivity contribution in [3.63, 3.8) is 0 Å². The van der Waals surface area contributed by atoms with E-state index in [2.05, 4.69) is 15.0 Å². The highest BCUT2D eigenvalue weighted by Gasteiger charge is 2.32. The van der Waals surface area contributed by atoms with Crippen molar-refractivity contribution >= 4 is 22.9 Å². The van der Waals surface area contributed by atoms with Crippen molar-refractivity contribution in [2.45, 2.75) is 39.5 Å². The quantitative estimate of drug-likeness (QED) is 0.352. The maximum absolute atomic E-state index is 15.3.